The largest absolute Gasteiger partial charge is 0.0654 e. The highest BCUT2D eigenvalue weighted by Crippen LogP contribution is 2.39. The standard InChI is InChI=1S/C21H34/c1-4-5-6-7-8-9-19-10-12-20(13-11-19)21-15-17(2)14-18(3)16-21/h10-13,17-18,21H,4-9,14-16H2,1-3H3. The lowest BCUT2D eigenvalue weighted by Gasteiger charge is -2.31. The third-order valence-electron chi connectivity index (χ3n) is 5.20. The van der Waals surface area contributed by atoms with Crippen LogP contribution in [-0.2, 0) is 6.42 Å². The summed E-state index contributed by atoms with van der Waals surface area (Å²) in [7, 11) is 0. The first-order valence-corrected chi connectivity index (χ1v) is 9.27. The average molecular weight is 287 g/mol. The Labute approximate surface area is 132 Å². The smallest absolute Gasteiger partial charge is 0.0157 e. The molecule has 2 rings (SSSR count). The van der Waals surface area contributed by atoms with Crippen molar-refractivity contribution in [3.8, 4) is 0 Å². The van der Waals surface area contributed by atoms with Gasteiger partial charge in [0.25, 0.3) is 0 Å². The molecule has 1 fully saturated rings. The molecule has 0 radical (unpaired) electrons. The molecule has 2 unspecified atom stereocenters. The van der Waals surface area contributed by atoms with Crippen molar-refractivity contribution in [2.75, 3.05) is 0 Å². The van der Waals surface area contributed by atoms with E-state index in [9.17, 15) is 0 Å². The van der Waals surface area contributed by atoms with Crippen molar-refractivity contribution in [1.29, 1.82) is 0 Å². The highest BCUT2D eigenvalue weighted by Gasteiger charge is 2.24. The molecule has 1 aromatic carbocycles. The Balaban J connectivity index is 1.81. The van der Waals surface area contributed by atoms with E-state index in [1.54, 1.807) is 5.56 Å². The van der Waals surface area contributed by atoms with Crippen molar-refractivity contribution in [2.45, 2.75) is 84.5 Å². The summed E-state index contributed by atoms with van der Waals surface area (Å²) in [4.78, 5) is 0. The van der Waals surface area contributed by atoms with E-state index >= 15 is 0 Å². The molecule has 0 heteroatoms. The Bertz CT molecular complexity index is 379. The van der Waals surface area contributed by atoms with E-state index in [0.29, 0.717) is 0 Å². The summed E-state index contributed by atoms with van der Waals surface area (Å²) in [5.74, 6) is 2.61. The lowest BCUT2D eigenvalue weighted by molar-refractivity contribution is 0.268. The lowest BCUT2D eigenvalue weighted by atomic mass is 9.74. The molecule has 0 amide bonds. The maximum atomic E-state index is 2.42. The van der Waals surface area contributed by atoms with Crippen molar-refractivity contribution in [3.63, 3.8) is 0 Å². The number of benzene rings is 1. The van der Waals surface area contributed by atoms with Gasteiger partial charge in [-0.15, -0.1) is 0 Å². The van der Waals surface area contributed by atoms with Crippen LogP contribution in [0.3, 0.4) is 0 Å². The van der Waals surface area contributed by atoms with Gasteiger partial charge in [0.05, 0.1) is 0 Å². The third-order valence-corrected chi connectivity index (χ3v) is 5.20. The van der Waals surface area contributed by atoms with Gasteiger partial charge in [-0.1, -0.05) is 70.7 Å². The van der Waals surface area contributed by atoms with Crippen LogP contribution in [0.4, 0.5) is 0 Å². The molecule has 1 aromatic rings. The molecule has 2 atom stereocenters. The predicted molar refractivity (Wildman–Crippen MR) is 93.8 cm³/mol. The highest BCUT2D eigenvalue weighted by atomic mass is 14.3. The molecule has 0 spiro atoms. The SMILES string of the molecule is CCCCCCCc1ccc(C2CC(C)CC(C)C2)cc1. The first-order chi connectivity index (χ1) is 10.2. The molecule has 1 saturated carbocycles. The zero-order valence-corrected chi connectivity index (χ0v) is 14.4. The highest BCUT2D eigenvalue weighted by molar-refractivity contribution is 5.26. The third kappa shape index (κ3) is 5.49. The van der Waals surface area contributed by atoms with Crippen molar-refractivity contribution in [3.05, 3.63) is 35.4 Å². The van der Waals surface area contributed by atoms with Crippen LogP contribution in [-0.4, -0.2) is 0 Å². The number of unbranched alkanes of at least 4 members (excludes halogenated alkanes) is 4. The maximum Gasteiger partial charge on any atom is -0.0157 e. The predicted octanol–water partition coefficient (Wildman–Crippen LogP) is 6.74. The second-order valence-corrected chi connectivity index (χ2v) is 7.52. The molecular formula is C21H34. The lowest BCUT2D eigenvalue weighted by Crippen LogP contribution is -2.18. The Kier molecular flexibility index (Phi) is 6.80. The topological polar surface area (TPSA) is 0 Å². The summed E-state index contributed by atoms with van der Waals surface area (Å²) in [5, 5.41) is 0. The van der Waals surface area contributed by atoms with Gasteiger partial charge in [0.2, 0.25) is 0 Å². The van der Waals surface area contributed by atoms with Crippen LogP contribution in [0.1, 0.15) is 89.2 Å². The molecule has 1 aliphatic rings. The molecule has 21 heavy (non-hydrogen) atoms. The minimum Gasteiger partial charge on any atom is -0.0654 e. The Morgan fingerprint density at radius 3 is 2.05 bits per heavy atom. The quantitative estimate of drug-likeness (QED) is 0.487. The van der Waals surface area contributed by atoms with Gasteiger partial charge in [-0.25, -0.2) is 0 Å². The summed E-state index contributed by atoms with van der Waals surface area (Å²) in [5.41, 5.74) is 3.12. The molecule has 118 valence electrons. The molecule has 0 bridgehead atoms. The molecule has 0 aromatic heterocycles. The van der Waals surface area contributed by atoms with E-state index in [1.165, 1.54) is 63.4 Å². The molecule has 0 aliphatic heterocycles. The fraction of sp³-hybridized carbons (Fsp3) is 0.714. The van der Waals surface area contributed by atoms with Crippen LogP contribution in [0, 0.1) is 11.8 Å². The first-order valence-electron chi connectivity index (χ1n) is 9.27. The van der Waals surface area contributed by atoms with Crippen molar-refractivity contribution in [2.24, 2.45) is 11.8 Å². The molecule has 0 saturated heterocycles. The summed E-state index contributed by atoms with van der Waals surface area (Å²) < 4.78 is 0. The Morgan fingerprint density at radius 2 is 1.43 bits per heavy atom. The van der Waals surface area contributed by atoms with Gasteiger partial charge in [0.1, 0.15) is 0 Å². The normalized spacial score (nSPS) is 26.0. The van der Waals surface area contributed by atoms with Crippen LogP contribution < -0.4 is 0 Å². The minimum atomic E-state index is 0.808. The van der Waals surface area contributed by atoms with E-state index < -0.39 is 0 Å². The van der Waals surface area contributed by atoms with Crippen molar-refractivity contribution in [1.82, 2.24) is 0 Å². The van der Waals surface area contributed by atoms with Gasteiger partial charge in [-0.2, -0.15) is 0 Å². The van der Waals surface area contributed by atoms with Gasteiger partial charge < -0.3 is 0 Å². The fourth-order valence-electron chi connectivity index (χ4n) is 4.11. The molecule has 0 N–H and O–H groups in total. The zero-order chi connectivity index (χ0) is 15.1. The van der Waals surface area contributed by atoms with E-state index in [2.05, 4.69) is 45.0 Å². The first kappa shape index (κ1) is 16.6. The number of aryl methyl sites for hydroxylation is 1. The number of hydrogen-bond acceptors (Lipinski definition) is 0. The van der Waals surface area contributed by atoms with Crippen molar-refractivity contribution >= 4 is 0 Å². The van der Waals surface area contributed by atoms with Gasteiger partial charge in [0.15, 0.2) is 0 Å². The Hall–Kier alpha value is -0.780. The van der Waals surface area contributed by atoms with Crippen LogP contribution >= 0.6 is 0 Å². The zero-order valence-electron chi connectivity index (χ0n) is 14.4. The summed E-state index contributed by atoms with van der Waals surface area (Å²) in [6.45, 7) is 7.13. The minimum absolute atomic E-state index is 0.808. The maximum absolute atomic E-state index is 2.42. The van der Waals surface area contributed by atoms with Crippen LogP contribution in [0.2, 0.25) is 0 Å². The van der Waals surface area contributed by atoms with Gasteiger partial charge in [-0.3, -0.25) is 0 Å². The van der Waals surface area contributed by atoms with E-state index in [1.807, 2.05) is 0 Å². The summed E-state index contributed by atoms with van der Waals surface area (Å²) in [6.07, 6.45) is 12.4. The molecule has 0 nitrogen and oxygen atoms in total. The van der Waals surface area contributed by atoms with Gasteiger partial charge in [0, 0.05) is 0 Å². The van der Waals surface area contributed by atoms with E-state index in [0.717, 1.165) is 17.8 Å². The van der Waals surface area contributed by atoms with Crippen LogP contribution in [0.15, 0.2) is 24.3 Å². The monoisotopic (exact) mass is 286 g/mol. The van der Waals surface area contributed by atoms with Crippen molar-refractivity contribution < 1.29 is 0 Å². The fourth-order valence-corrected chi connectivity index (χ4v) is 4.11. The second kappa shape index (κ2) is 8.61. The van der Waals surface area contributed by atoms with E-state index in [4.69, 9.17) is 0 Å². The summed E-state index contributed by atoms with van der Waals surface area (Å²) >= 11 is 0. The summed E-state index contributed by atoms with van der Waals surface area (Å²) in [6, 6.07) is 9.60. The average Bonchev–Trinajstić information content (AvgIpc) is 2.47. The Morgan fingerprint density at radius 1 is 0.810 bits per heavy atom. The number of rotatable bonds is 7. The van der Waals surface area contributed by atoms with E-state index in [-0.39, 0.29) is 0 Å². The van der Waals surface area contributed by atoms with Gasteiger partial charge >= 0.3 is 0 Å². The van der Waals surface area contributed by atoms with Gasteiger partial charge in [-0.05, 0) is 61.0 Å². The molecular weight excluding hydrogens is 252 g/mol. The number of hydrogen-bond donors (Lipinski definition) is 0. The van der Waals surface area contributed by atoms with Crippen LogP contribution in [0.25, 0.3) is 0 Å². The molecule has 0 heterocycles. The molecule has 1 aliphatic carbocycles. The second-order valence-electron chi connectivity index (χ2n) is 7.52. The van der Waals surface area contributed by atoms with Crippen LogP contribution in [0.5, 0.6) is 0 Å².